The summed E-state index contributed by atoms with van der Waals surface area (Å²) in [4.78, 5) is 17.1. The molecule has 4 aliphatic rings. The fraction of sp³-hybridized carbons (Fsp3) is 0.760. The summed E-state index contributed by atoms with van der Waals surface area (Å²) in [5.41, 5.74) is 0.954. The molecule has 1 aromatic rings. The molecule has 4 saturated heterocycles. The maximum atomic E-state index is 8.08. The Hall–Kier alpha value is -1.26. The first-order valence-corrected chi connectivity index (χ1v) is 11.9. The molecule has 0 bridgehead atoms. The van der Waals surface area contributed by atoms with Gasteiger partial charge in [0.15, 0.2) is 0 Å². The molecule has 8 heteroatoms. The van der Waals surface area contributed by atoms with E-state index >= 15 is 0 Å². The maximum absolute atomic E-state index is 8.08. The van der Waals surface area contributed by atoms with E-state index in [1.54, 1.807) is 0 Å². The number of hydrogen-bond donors (Lipinski definition) is 1. The molecule has 186 valence electrons. The van der Waals surface area contributed by atoms with E-state index in [1.165, 1.54) is 0 Å². The highest BCUT2D eigenvalue weighted by atomic mass is 17.2. The van der Waals surface area contributed by atoms with Crippen molar-refractivity contribution in [2.24, 2.45) is 5.41 Å². The molecular weight excluding hydrogens is 426 g/mol. The summed E-state index contributed by atoms with van der Waals surface area (Å²) in [5, 5.41) is 10.3. The van der Waals surface area contributed by atoms with Gasteiger partial charge < -0.3 is 19.3 Å². The Kier molecular flexibility index (Phi) is 7.36. The minimum Gasteiger partial charge on any atom is -0.491 e. The third-order valence-corrected chi connectivity index (χ3v) is 6.59. The number of nitrogens with zero attached hydrogens (tertiary/aromatic N) is 1. The van der Waals surface area contributed by atoms with Crippen molar-refractivity contribution in [1.29, 1.82) is 0 Å². The van der Waals surface area contributed by atoms with E-state index in [4.69, 9.17) is 29.2 Å². The van der Waals surface area contributed by atoms with Gasteiger partial charge in [0.1, 0.15) is 30.7 Å². The standard InChI is InChI=1S/C22H33NO5.C3H6O2/c1-16(17-6-8-18(9-7-17)24-10-19-11-25-19)28-23-20(2,3)12-22(13-21(23,4)5)14-26-27-15-22;4-1-3-2-5-3/h6-9,16,19H,10-15H2,1-5H3;3-4H,1-2H2. The molecule has 3 unspecified atom stereocenters. The zero-order valence-electron chi connectivity index (χ0n) is 20.5. The van der Waals surface area contributed by atoms with Crippen LogP contribution in [0.1, 0.15) is 59.1 Å². The van der Waals surface area contributed by atoms with Gasteiger partial charge in [-0.3, -0.25) is 4.84 Å². The van der Waals surface area contributed by atoms with E-state index in [2.05, 4.69) is 56.6 Å². The van der Waals surface area contributed by atoms with Crippen LogP contribution >= 0.6 is 0 Å². The van der Waals surface area contributed by atoms with Crippen LogP contribution in [0.3, 0.4) is 0 Å². The molecule has 0 aromatic heterocycles. The van der Waals surface area contributed by atoms with Gasteiger partial charge in [-0.05, 0) is 65.2 Å². The number of ether oxygens (including phenoxy) is 3. The quantitative estimate of drug-likeness (QED) is 0.484. The molecule has 33 heavy (non-hydrogen) atoms. The topological polar surface area (TPSA) is 85.5 Å². The number of aliphatic hydroxyl groups excluding tert-OH is 1. The van der Waals surface area contributed by atoms with Crippen molar-refractivity contribution in [3.05, 3.63) is 29.8 Å². The molecule has 4 fully saturated rings. The van der Waals surface area contributed by atoms with E-state index in [0.29, 0.717) is 19.8 Å². The van der Waals surface area contributed by atoms with Gasteiger partial charge in [-0.2, -0.15) is 5.06 Å². The minimum atomic E-state index is -0.125. The number of rotatable bonds is 7. The molecule has 0 radical (unpaired) electrons. The maximum Gasteiger partial charge on any atom is 0.119 e. The average Bonchev–Trinajstić information content (AvgIpc) is 3.69. The van der Waals surface area contributed by atoms with Crippen LogP contribution in [0.15, 0.2) is 24.3 Å². The van der Waals surface area contributed by atoms with Crippen LogP contribution in [0.25, 0.3) is 0 Å². The molecule has 8 nitrogen and oxygen atoms in total. The predicted octanol–water partition coefficient (Wildman–Crippen LogP) is 3.44. The van der Waals surface area contributed by atoms with Crippen molar-refractivity contribution >= 4 is 0 Å². The highest BCUT2D eigenvalue weighted by Gasteiger charge is 2.55. The summed E-state index contributed by atoms with van der Waals surface area (Å²) in [6.45, 7) is 14.8. The van der Waals surface area contributed by atoms with Crippen LogP contribution in [-0.2, 0) is 24.1 Å². The van der Waals surface area contributed by atoms with Crippen LogP contribution in [-0.4, -0.2) is 73.1 Å². The van der Waals surface area contributed by atoms with Crippen molar-refractivity contribution < 1.29 is 33.9 Å². The Labute approximate surface area is 196 Å². The van der Waals surface area contributed by atoms with Gasteiger partial charge >= 0.3 is 0 Å². The van der Waals surface area contributed by atoms with Crippen molar-refractivity contribution in [3.63, 3.8) is 0 Å². The molecule has 0 aliphatic carbocycles. The van der Waals surface area contributed by atoms with E-state index in [1.807, 2.05) is 12.1 Å². The SMILES string of the molecule is CC(ON1C(C)(C)CC2(COOC2)CC1(C)C)c1ccc(OCC2CO2)cc1.OCC1CO1. The summed E-state index contributed by atoms with van der Waals surface area (Å²) < 4.78 is 15.5. The van der Waals surface area contributed by atoms with Gasteiger partial charge in [0.05, 0.1) is 33.0 Å². The molecule has 1 aromatic carbocycles. The number of piperidine rings is 1. The molecule has 4 aliphatic heterocycles. The molecule has 1 N–H and O–H groups in total. The number of aliphatic hydroxyl groups is 1. The van der Waals surface area contributed by atoms with E-state index in [0.717, 1.165) is 37.4 Å². The fourth-order valence-electron chi connectivity index (χ4n) is 5.31. The lowest BCUT2D eigenvalue weighted by Gasteiger charge is -2.57. The van der Waals surface area contributed by atoms with E-state index < -0.39 is 0 Å². The molecule has 3 atom stereocenters. The van der Waals surface area contributed by atoms with Gasteiger partial charge in [-0.1, -0.05) is 12.1 Å². The predicted molar refractivity (Wildman–Crippen MR) is 122 cm³/mol. The van der Waals surface area contributed by atoms with Crippen molar-refractivity contribution in [1.82, 2.24) is 5.06 Å². The zero-order chi connectivity index (χ0) is 23.7. The van der Waals surface area contributed by atoms with Crippen molar-refractivity contribution in [2.45, 2.75) is 76.9 Å². The normalized spacial score (nSPS) is 29.8. The Balaban J connectivity index is 0.000000459. The summed E-state index contributed by atoms with van der Waals surface area (Å²) in [6, 6.07) is 8.17. The summed E-state index contributed by atoms with van der Waals surface area (Å²) >= 11 is 0. The highest BCUT2D eigenvalue weighted by Crippen LogP contribution is 2.51. The highest BCUT2D eigenvalue weighted by molar-refractivity contribution is 5.28. The lowest BCUT2D eigenvalue weighted by atomic mass is 9.66. The smallest absolute Gasteiger partial charge is 0.119 e. The summed E-state index contributed by atoms with van der Waals surface area (Å²) in [5.74, 6) is 0.869. The van der Waals surface area contributed by atoms with Gasteiger partial charge in [-0.25, -0.2) is 9.78 Å². The Morgan fingerprint density at radius 1 is 0.970 bits per heavy atom. The minimum absolute atomic E-state index is 0.0514. The Bertz CT molecular complexity index is 747. The first kappa shape index (κ1) is 24.9. The monoisotopic (exact) mass is 465 g/mol. The Morgan fingerprint density at radius 3 is 1.97 bits per heavy atom. The van der Waals surface area contributed by atoms with Crippen LogP contribution in [0.2, 0.25) is 0 Å². The molecule has 4 heterocycles. The fourth-order valence-corrected chi connectivity index (χ4v) is 5.31. The zero-order valence-corrected chi connectivity index (χ0v) is 20.5. The van der Waals surface area contributed by atoms with E-state index in [9.17, 15) is 0 Å². The van der Waals surface area contributed by atoms with Gasteiger partial charge in [0.2, 0.25) is 0 Å². The average molecular weight is 466 g/mol. The molecular formula is C25H39NO7. The molecule has 0 amide bonds. The van der Waals surface area contributed by atoms with Crippen LogP contribution in [0.4, 0.5) is 0 Å². The largest absolute Gasteiger partial charge is 0.491 e. The van der Waals surface area contributed by atoms with Gasteiger partial charge in [0.25, 0.3) is 0 Å². The van der Waals surface area contributed by atoms with Crippen LogP contribution in [0, 0.1) is 5.41 Å². The lowest BCUT2D eigenvalue weighted by Crippen LogP contribution is -2.64. The second-order valence-corrected chi connectivity index (χ2v) is 11.0. The second-order valence-electron chi connectivity index (χ2n) is 11.0. The summed E-state index contributed by atoms with van der Waals surface area (Å²) in [6.07, 6.45) is 2.36. The van der Waals surface area contributed by atoms with Crippen molar-refractivity contribution in [2.75, 3.05) is 39.6 Å². The number of hydrogen-bond acceptors (Lipinski definition) is 8. The summed E-state index contributed by atoms with van der Waals surface area (Å²) in [7, 11) is 0. The second kappa shape index (κ2) is 9.77. The third kappa shape index (κ3) is 6.45. The van der Waals surface area contributed by atoms with Crippen LogP contribution in [0.5, 0.6) is 5.75 Å². The molecule has 5 rings (SSSR count). The number of benzene rings is 1. The molecule has 0 saturated carbocycles. The molecule has 1 spiro atoms. The first-order valence-electron chi connectivity index (χ1n) is 11.9. The Morgan fingerprint density at radius 2 is 1.52 bits per heavy atom. The number of hydroxylamine groups is 2. The first-order chi connectivity index (χ1) is 15.6. The van der Waals surface area contributed by atoms with E-state index in [-0.39, 0.29) is 41.4 Å². The van der Waals surface area contributed by atoms with Gasteiger partial charge in [0, 0.05) is 16.5 Å². The lowest BCUT2D eigenvalue weighted by molar-refractivity contribution is -0.317. The number of epoxide rings is 2. The van der Waals surface area contributed by atoms with Crippen molar-refractivity contribution in [3.8, 4) is 5.75 Å². The van der Waals surface area contributed by atoms with Gasteiger partial charge in [-0.15, -0.1) is 0 Å². The third-order valence-electron chi connectivity index (χ3n) is 6.59. The van der Waals surface area contributed by atoms with Crippen LogP contribution < -0.4 is 4.74 Å².